The lowest BCUT2D eigenvalue weighted by Gasteiger charge is -2.33. The van der Waals surface area contributed by atoms with Gasteiger partial charge in [0.2, 0.25) is 15.9 Å². The summed E-state index contributed by atoms with van der Waals surface area (Å²) in [5, 5.41) is 6.58. The summed E-state index contributed by atoms with van der Waals surface area (Å²) in [5.41, 5.74) is 5.88. The molecule has 5 rings (SSSR count). The van der Waals surface area contributed by atoms with Crippen molar-refractivity contribution in [2.45, 2.75) is 45.6 Å². The van der Waals surface area contributed by atoms with E-state index in [1.54, 1.807) is 18.2 Å². The first-order valence-corrected chi connectivity index (χ1v) is 17.1. The normalized spacial score (nSPS) is 17.0. The quantitative estimate of drug-likeness (QED) is 0.313. The lowest BCUT2D eigenvalue weighted by Crippen LogP contribution is -2.47. The molecule has 228 valence electrons. The molecule has 3 aromatic rings. The minimum atomic E-state index is -3.17. The van der Waals surface area contributed by atoms with Gasteiger partial charge in [0.05, 0.1) is 6.26 Å². The number of hydrogen-bond acceptors (Lipinski definition) is 5. The van der Waals surface area contributed by atoms with Gasteiger partial charge in [0, 0.05) is 60.6 Å². The van der Waals surface area contributed by atoms with Crippen molar-refractivity contribution < 1.29 is 18.0 Å². The Bertz CT molecular complexity index is 1580. The first kappa shape index (κ1) is 31.2. The Balaban J connectivity index is 1.19. The molecule has 43 heavy (non-hydrogen) atoms. The van der Waals surface area contributed by atoms with E-state index in [1.165, 1.54) is 17.0 Å². The molecule has 8 nitrogen and oxygen atoms in total. The minimum absolute atomic E-state index is 0.0901. The van der Waals surface area contributed by atoms with Gasteiger partial charge in [-0.25, -0.2) is 8.42 Å². The van der Waals surface area contributed by atoms with Gasteiger partial charge in [-0.1, -0.05) is 55.1 Å². The van der Waals surface area contributed by atoms with Gasteiger partial charge in [-0.3, -0.25) is 14.5 Å². The maximum atomic E-state index is 13.0. The lowest BCUT2D eigenvalue weighted by molar-refractivity contribution is -0.120. The second-order valence-electron chi connectivity index (χ2n) is 11.6. The molecule has 1 saturated carbocycles. The standard InChI is InChI=1S/C33H39ClN4O4S/c1-23-8-14-28(35-32(39)25-6-4-3-5-7-25)20-30(23)24-9-11-26(12-10-24)33(40)36-29-15-13-27(31(34)21-29)22-37-16-18-38(19-17-37)43(2,41)42/h8-15,20-21,25H,3-7,16-19,22H2,1-2H3,(H,35,39)(H,36,40). The van der Waals surface area contributed by atoms with Gasteiger partial charge in [-0.05, 0) is 78.4 Å². The highest BCUT2D eigenvalue weighted by atomic mass is 35.5. The number of nitrogens with zero attached hydrogens (tertiary/aromatic N) is 2. The fourth-order valence-corrected chi connectivity index (χ4v) is 6.90. The second kappa shape index (κ2) is 13.6. The van der Waals surface area contributed by atoms with Crippen LogP contribution in [0.5, 0.6) is 0 Å². The summed E-state index contributed by atoms with van der Waals surface area (Å²) in [7, 11) is -3.17. The Labute approximate surface area is 259 Å². The number of piperazine rings is 1. The van der Waals surface area contributed by atoms with E-state index < -0.39 is 10.0 Å². The maximum absolute atomic E-state index is 13.0. The number of aryl methyl sites for hydroxylation is 1. The second-order valence-corrected chi connectivity index (χ2v) is 14.0. The highest BCUT2D eigenvalue weighted by Gasteiger charge is 2.24. The molecule has 2 aliphatic rings. The van der Waals surface area contributed by atoms with Crippen molar-refractivity contribution in [1.82, 2.24) is 9.21 Å². The fraction of sp³-hybridized carbons (Fsp3) is 0.394. The van der Waals surface area contributed by atoms with E-state index >= 15 is 0 Å². The predicted octanol–water partition coefficient (Wildman–Crippen LogP) is 6.16. The molecule has 0 spiro atoms. The topological polar surface area (TPSA) is 98.8 Å². The van der Waals surface area contributed by atoms with E-state index in [0.29, 0.717) is 49.0 Å². The van der Waals surface area contributed by atoms with Crippen LogP contribution in [-0.4, -0.2) is 61.9 Å². The zero-order chi connectivity index (χ0) is 30.6. The van der Waals surface area contributed by atoms with Gasteiger partial charge in [-0.15, -0.1) is 0 Å². The van der Waals surface area contributed by atoms with E-state index in [1.807, 2.05) is 49.4 Å². The van der Waals surface area contributed by atoms with Crippen LogP contribution in [0.1, 0.15) is 53.6 Å². The number of sulfonamides is 1. The average molecular weight is 623 g/mol. The highest BCUT2D eigenvalue weighted by Crippen LogP contribution is 2.30. The molecule has 10 heteroatoms. The van der Waals surface area contributed by atoms with Crippen molar-refractivity contribution in [2.75, 3.05) is 43.1 Å². The van der Waals surface area contributed by atoms with Crippen molar-refractivity contribution in [3.8, 4) is 11.1 Å². The molecule has 2 N–H and O–H groups in total. The van der Waals surface area contributed by atoms with Crippen molar-refractivity contribution in [3.05, 3.63) is 82.4 Å². The SMILES string of the molecule is Cc1ccc(NC(=O)C2CCCCC2)cc1-c1ccc(C(=O)Nc2ccc(CN3CCN(S(C)(=O)=O)CC3)c(Cl)c2)cc1. The highest BCUT2D eigenvalue weighted by molar-refractivity contribution is 7.88. The molecule has 0 radical (unpaired) electrons. The molecule has 1 saturated heterocycles. The molecular weight excluding hydrogens is 584 g/mol. The van der Waals surface area contributed by atoms with Gasteiger partial charge < -0.3 is 10.6 Å². The molecular formula is C33H39ClN4O4S. The van der Waals surface area contributed by atoms with Crippen LogP contribution in [0.2, 0.25) is 5.02 Å². The zero-order valence-electron chi connectivity index (χ0n) is 24.7. The number of hydrogen-bond donors (Lipinski definition) is 2. The summed E-state index contributed by atoms with van der Waals surface area (Å²) in [6, 6.07) is 18.8. The lowest BCUT2D eigenvalue weighted by atomic mass is 9.88. The van der Waals surface area contributed by atoms with Crippen LogP contribution in [-0.2, 0) is 21.4 Å². The maximum Gasteiger partial charge on any atom is 0.255 e. The van der Waals surface area contributed by atoms with E-state index in [0.717, 1.165) is 53.6 Å². The van der Waals surface area contributed by atoms with Gasteiger partial charge in [-0.2, -0.15) is 4.31 Å². The third kappa shape index (κ3) is 8.03. The van der Waals surface area contributed by atoms with E-state index in [-0.39, 0.29) is 17.7 Å². The van der Waals surface area contributed by atoms with Crippen LogP contribution in [0.3, 0.4) is 0 Å². The van der Waals surface area contributed by atoms with Gasteiger partial charge in [0.15, 0.2) is 0 Å². The number of nitrogens with one attached hydrogen (secondary N) is 2. The molecule has 1 aliphatic heterocycles. The Morgan fingerprint density at radius 1 is 0.860 bits per heavy atom. The van der Waals surface area contributed by atoms with Crippen molar-refractivity contribution in [2.24, 2.45) is 5.92 Å². The van der Waals surface area contributed by atoms with Crippen LogP contribution in [0.25, 0.3) is 11.1 Å². The number of rotatable bonds is 8. The minimum Gasteiger partial charge on any atom is -0.326 e. The number of amides is 2. The van der Waals surface area contributed by atoms with Crippen LogP contribution in [0, 0.1) is 12.8 Å². The molecule has 2 fully saturated rings. The number of carbonyl (C=O) groups excluding carboxylic acids is 2. The van der Waals surface area contributed by atoms with Crippen LogP contribution < -0.4 is 10.6 Å². The zero-order valence-corrected chi connectivity index (χ0v) is 26.3. The van der Waals surface area contributed by atoms with Gasteiger partial charge >= 0.3 is 0 Å². The molecule has 2 amide bonds. The third-order valence-corrected chi connectivity index (χ3v) is 10.1. The smallest absolute Gasteiger partial charge is 0.255 e. The van der Waals surface area contributed by atoms with E-state index in [2.05, 4.69) is 15.5 Å². The summed E-state index contributed by atoms with van der Waals surface area (Å²) in [6.45, 7) is 4.84. The summed E-state index contributed by atoms with van der Waals surface area (Å²) in [6.07, 6.45) is 6.59. The molecule has 1 heterocycles. The molecule has 0 unspecified atom stereocenters. The first-order valence-electron chi connectivity index (χ1n) is 14.9. The number of benzene rings is 3. The third-order valence-electron chi connectivity index (χ3n) is 8.44. The molecule has 0 aromatic heterocycles. The summed E-state index contributed by atoms with van der Waals surface area (Å²) < 4.78 is 25.0. The van der Waals surface area contributed by atoms with E-state index in [4.69, 9.17) is 11.6 Å². The Hall–Kier alpha value is -3.24. The van der Waals surface area contributed by atoms with Crippen molar-refractivity contribution >= 4 is 44.8 Å². The number of carbonyl (C=O) groups is 2. The van der Waals surface area contributed by atoms with Crippen LogP contribution in [0.15, 0.2) is 60.7 Å². The molecule has 3 aromatic carbocycles. The molecule has 0 atom stereocenters. The van der Waals surface area contributed by atoms with Crippen LogP contribution in [0.4, 0.5) is 11.4 Å². The molecule has 1 aliphatic carbocycles. The Kier molecular flexibility index (Phi) is 9.86. The Morgan fingerprint density at radius 3 is 2.16 bits per heavy atom. The van der Waals surface area contributed by atoms with E-state index in [9.17, 15) is 18.0 Å². The van der Waals surface area contributed by atoms with Gasteiger partial charge in [0.25, 0.3) is 5.91 Å². The Morgan fingerprint density at radius 2 is 1.51 bits per heavy atom. The van der Waals surface area contributed by atoms with Crippen molar-refractivity contribution in [1.29, 1.82) is 0 Å². The summed E-state index contributed by atoms with van der Waals surface area (Å²) in [4.78, 5) is 27.9. The monoisotopic (exact) mass is 622 g/mol. The summed E-state index contributed by atoms with van der Waals surface area (Å²) >= 11 is 6.56. The number of halogens is 1. The predicted molar refractivity (Wildman–Crippen MR) is 173 cm³/mol. The fourth-order valence-electron chi connectivity index (χ4n) is 5.84. The van der Waals surface area contributed by atoms with Crippen LogP contribution >= 0.6 is 11.6 Å². The molecule has 0 bridgehead atoms. The largest absolute Gasteiger partial charge is 0.326 e. The first-order chi connectivity index (χ1) is 20.6. The number of anilines is 2. The average Bonchev–Trinajstić information content (AvgIpc) is 3.00. The van der Waals surface area contributed by atoms with Crippen molar-refractivity contribution in [3.63, 3.8) is 0 Å². The summed E-state index contributed by atoms with van der Waals surface area (Å²) in [5.74, 6) is -0.0492. The van der Waals surface area contributed by atoms with Gasteiger partial charge in [0.1, 0.15) is 0 Å².